The molecule has 1 aromatic rings. The molecule has 0 unspecified atom stereocenters. The summed E-state index contributed by atoms with van der Waals surface area (Å²) in [5.41, 5.74) is 0.968. The Labute approximate surface area is 83.8 Å². The standard InChI is InChI=1S/C11H13N3/c12-8-11(4-5-11)9-13-7-10-3-1-2-6-14-10/h1-3,6,13H,4-5,7,9H2. The monoisotopic (exact) mass is 187 g/mol. The maximum atomic E-state index is 8.85. The smallest absolute Gasteiger partial charge is 0.0703 e. The Morgan fingerprint density at radius 3 is 2.93 bits per heavy atom. The van der Waals surface area contributed by atoms with Crippen molar-refractivity contribution >= 4 is 0 Å². The molecular weight excluding hydrogens is 174 g/mol. The lowest BCUT2D eigenvalue weighted by molar-refractivity contribution is 0.554. The summed E-state index contributed by atoms with van der Waals surface area (Å²) in [6, 6.07) is 8.22. The predicted octanol–water partition coefficient (Wildman–Crippen LogP) is 1.47. The molecule has 1 fully saturated rings. The van der Waals surface area contributed by atoms with Crippen LogP contribution in [0.25, 0.3) is 0 Å². The van der Waals surface area contributed by atoms with Crippen LogP contribution in [-0.2, 0) is 6.54 Å². The molecule has 3 nitrogen and oxygen atoms in total. The molecule has 1 heterocycles. The van der Waals surface area contributed by atoms with Crippen LogP contribution in [0, 0.1) is 16.7 Å². The van der Waals surface area contributed by atoms with Gasteiger partial charge in [-0.3, -0.25) is 4.98 Å². The van der Waals surface area contributed by atoms with E-state index in [-0.39, 0.29) is 5.41 Å². The molecule has 0 atom stereocenters. The van der Waals surface area contributed by atoms with E-state index in [0.29, 0.717) is 0 Å². The first kappa shape index (κ1) is 9.17. The molecule has 1 aliphatic rings. The number of pyridine rings is 1. The molecule has 0 saturated heterocycles. The fourth-order valence-corrected chi connectivity index (χ4v) is 1.41. The van der Waals surface area contributed by atoms with Gasteiger partial charge in [-0.05, 0) is 25.0 Å². The van der Waals surface area contributed by atoms with Crippen LogP contribution in [0.5, 0.6) is 0 Å². The van der Waals surface area contributed by atoms with Crippen molar-refractivity contribution < 1.29 is 0 Å². The molecule has 1 N–H and O–H groups in total. The second-order valence-electron chi connectivity index (χ2n) is 3.82. The van der Waals surface area contributed by atoms with Gasteiger partial charge < -0.3 is 5.32 Å². The molecule has 0 spiro atoms. The molecule has 1 saturated carbocycles. The van der Waals surface area contributed by atoms with Crippen molar-refractivity contribution in [3.05, 3.63) is 30.1 Å². The summed E-state index contributed by atoms with van der Waals surface area (Å²) in [4.78, 5) is 4.20. The van der Waals surface area contributed by atoms with Crippen LogP contribution in [0.3, 0.4) is 0 Å². The first-order valence-electron chi connectivity index (χ1n) is 4.87. The molecular formula is C11H13N3. The lowest BCUT2D eigenvalue weighted by Crippen LogP contribution is -2.22. The highest BCUT2D eigenvalue weighted by Gasteiger charge is 2.42. The second-order valence-corrected chi connectivity index (χ2v) is 3.82. The molecule has 0 aliphatic heterocycles. The summed E-state index contributed by atoms with van der Waals surface area (Å²) in [7, 11) is 0. The molecule has 0 bridgehead atoms. The molecule has 1 aromatic heterocycles. The zero-order chi connectivity index (χ0) is 9.86. The highest BCUT2D eigenvalue weighted by Crippen LogP contribution is 2.43. The number of aromatic nitrogens is 1. The lowest BCUT2D eigenvalue weighted by atomic mass is 10.1. The van der Waals surface area contributed by atoms with Crippen molar-refractivity contribution in [2.75, 3.05) is 6.54 Å². The summed E-state index contributed by atoms with van der Waals surface area (Å²) in [6.07, 6.45) is 3.87. The zero-order valence-corrected chi connectivity index (χ0v) is 8.03. The van der Waals surface area contributed by atoms with Gasteiger partial charge in [0, 0.05) is 19.3 Å². The number of nitriles is 1. The average Bonchev–Trinajstić information content (AvgIpc) is 3.00. The van der Waals surface area contributed by atoms with Gasteiger partial charge in [0.05, 0.1) is 17.2 Å². The highest BCUT2D eigenvalue weighted by molar-refractivity contribution is 5.11. The van der Waals surface area contributed by atoms with E-state index in [4.69, 9.17) is 5.26 Å². The Kier molecular flexibility index (Phi) is 2.47. The van der Waals surface area contributed by atoms with Crippen molar-refractivity contribution in [2.24, 2.45) is 5.41 Å². The van der Waals surface area contributed by atoms with E-state index in [2.05, 4.69) is 16.4 Å². The third-order valence-corrected chi connectivity index (χ3v) is 2.59. The van der Waals surface area contributed by atoms with Crippen LogP contribution in [0.2, 0.25) is 0 Å². The molecule has 14 heavy (non-hydrogen) atoms. The first-order chi connectivity index (χ1) is 6.85. The maximum absolute atomic E-state index is 8.85. The van der Waals surface area contributed by atoms with Crippen molar-refractivity contribution in [3.63, 3.8) is 0 Å². The fraction of sp³-hybridized carbons (Fsp3) is 0.455. The van der Waals surface area contributed by atoms with E-state index in [1.54, 1.807) is 6.20 Å². The summed E-state index contributed by atoms with van der Waals surface area (Å²) >= 11 is 0. The van der Waals surface area contributed by atoms with Crippen molar-refractivity contribution in [3.8, 4) is 6.07 Å². The molecule has 0 radical (unpaired) electrons. The van der Waals surface area contributed by atoms with Gasteiger partial charge in [-0.25, -0.2) is 0 Å². The lowest BCUT2D eigenvalue weighted by Gasteiger charge is -2.06. The minimum Gasteiger partial charge on any atom is -0.310 e. The van der Waals surface area contributed by atoms with E-state index < -0.39 is 0 Å². The van der Waals surface area contributed by atoms with Crippen LogP contribution in [0.4, 0.5) is 0 Å². The van der Waals surface area contributed by atoms with E-state index >= 15 is 0 Å². The Morgan fingerprint density at radius 2 is 2.36 bits per heavy atom. The van der Waals surface area contributed by atoms with Gasteiger partial charge in [0.15, 0.2) is 0 Å². The number of nitrogens with zero attached hydrogens (tertiary/aromatic N) is 2. The molecule has 0 aromatic carbocycles. The van der Waals surface area contributed by atoms with E-state index in [0.717, 1.165) is 31.6 Å². The number of nitrogens with one attached hydrogen (secondary N) is 1. The third-order valence-electron chi connectivity index (χ3n) is 2.59. The second kappa shape index (κ2) is 3.77. The molecule has 72 valence electrons. The average molecular weight is 187 g/mol. The van der Waals surface area contributed by atoms with Gasteiger partial charge in [0.1, 0.15) is 0 Å². The van der Waals surface area contributed by atoms with Gasteiger partial charge >= 0.3 is 0 Å². The van der Waals surface area contributed by atoms with Gasteiger partial charge in [0.2, 0.25) is 0 Å². The Bertz CT molecular complexity index is 335. The van der Waals surface area contributed by atoms with Gasteiger partial charge in [-0.1, -0.05) is 6.07 Å². The van der Waals surface area contributed by atoms with Crippen LogP contribution in [-0.4, -0.2) is 11.5 Å². The van der Waals surface area contributed by atoms with Gasteiger partial charge in [-0.15, -0.1) is 0 Å². The Hall–Kier alpha value is -1.40. The first-order valence-corrected chi connectivity index (χ1v) is 4.87. The van der Waals surface area contributed by atoms with Crippen molar-refractivity contribution in [2.45, 2.75) is 19.4 Å². The fourth-order valence-electron chi connectivity index (χ4n) is 1.41. The van der Waals surface area contributed by atoms with E-state index in [1.165, 1.54) is 0 Å². The largest absolute Gasteiger partial charge is 0.310 e. The summed E-state index contributed by atoms with van der Waals surface area (Å²) in [5, 5.41) is 12.1. The van der Waals surface area contributed by atoms with Gasteiger partial charge in [-0.2, -0.15) is 5.26 Å². The molecule has 2 rings (SSSR count). The summed E-state index contributed by atoms with van der Waals surface area (Å²) < 4.78 is 0. The minimum atomic E-state index is -0.0607. The van der Waals surface area contributed by atoms with E-state index in [9.17, 15) is 0 Å². The van der Waals surface area contributed by atoms with Crippen LogP contribution >= 0.6 is 0 Å². The van der Waals surface area contributed by atoms with Crippen LogP contribution in [0.15, 0.2) is 24.4 Å². The predicted molar refractivity (Wildman–Crippen MR) is 53.2 cm³/mol. The summed E-state index contributed by atoms with van der Waals surface area (Å²) in [5.74, 6) is 0. The van der Waals surface area contributed by atoms with E-state index in [1.807, 2.05) is 18.2 Å². The normalized spacial score (nSPS) is 17.4. The Morgan fingerprint density at radius 1 is 1.50 bits per heavy atom. The third kappa shape index (κ3) is 2.09. The number of hydrogen-bond donors (Lipinski definition) is 1. The molecule has 3 heteroatoms. The Balaban J connectivity index is 1.77. The summed E-state index contributed by atoms with van der Waals surface area (Å²) in [6.45, 7) is 1.55. The number of rotatable bonds is 4. The van der Waals surface area contributed by atoms with Crippen molar-refractivity contribution in [1.29, 1.82) is 5.26 Å². The molecule has 1 aliphatic carbocycles. The van der Waals surface area contributed by atoms with Crippen molar-refractivity contribution in [1.82, 2.24) is 10.3 Å². The molecule has 0 amide bonds. The quantitative estimate of drug-likeness (QED) is 0.776. The van der Waals surface area contributed by atoms with Crippen LogP contribution in [0.1, 0.15) is 18.5 Å². The maximum Gasteiger partial charge on any atom is 0.0703 e. The van der Waals surface area contributed by atoms with Crippen LogP contribution < -0.4 is 5.32 Å². The van der Waals surface area contributed by atoms with Gasteiger partial charge in [0.25, 0.3) is 0 Å². The zero-order valence-electron chi connectivity index (χ0n) is 8.03. The minimum absolute atomic E-state index is 0.0607. The highest BCUT2D eigenvalue weighted by atomic mass is 14.9. The number of hydrogen-bond acceptors (Lipinski definition) is 3. The topological polar surface area (TPSA) is 48.7 Å². The SMILES string of the molecule is N#CC1(CNCc2ccccn2)CC1.